The van der Waals surface area contributed by atoms with Gasteiger partial charge in [0, 0.05) is 6.42 Å². The van der Waals surface area contributed by atoms with E-state index in [4.69, 9.17) is 9.47 Å². The Balaban J connectivity index is 2.40. The Morgan fingerprint density at radius 1 is 0.635 bits per heavy atom. The first-order chi connectivity index (χ1) is 25.3. The lowest BCUT2D eigenvalue weighted by Crippen LogP contribution is -2.60. The number of rotatable bonds is 35. The summed E-state index contributed by atoms with van der Waals surface area (Å²) in [6.45, 7) is 3.78. The lowest BCUT2D eigenvalue weighted by Gasteiger charge is -2.40. The molecule has 1 aliphatic rings. The van der Waals surface area contributed by atoms with Gasteiger partial charge in [0.2, 0.25) is 5.91 Å². The average molecular weight is 740 g/mol. The summed E-state index contributed by atoms with van der Waals surface area (Å²) in [7, 11) is 0. The van der Waals surface area contributed by atoms with E-state index >= 15 is 0 Å². The second-order valence-corrected chi connectivity index (χ2v) is 15.1. The molecule has 52 heavy (non-hydrogen) atoms. The van der Waals surface area contributed by atoms with Gasteiger partial charge in [-0.15, -0.1) is 0 Å². The second-order valence-electron chi connectivity index (χ2n) is 15.1. The maximum absolute atomic E-state index is 12.9. The third-order valence-electron chi connectivity index (χ3n) is 10.3. The Kier molecular flexibility index (Phi) is 32.0. The van der Waals surface area contributed by atoms with Crippen molar-refractivity contribution in [1.82, 2.24) is 5.32 Å². The molecule has 1 rings (SSSR count). The predicted octanol–water partition coefficient (Wildman–Crippen LogP) is 8.33. The van der Waals surface area contributed by atoms with Crippen LogP contribution in [0.1, 0.15) is 187 Å². The quantitative estimate of drug-likeness (QED) is 0.0281. The van der Waals surface area contributed by atoms with Crippen molar-refractivity contribution < 1.29 is 39.8 Å². The van der Waals surface area contributed by atoms with Gasteiger partial charge in [-0.05, 0) is 64.2 Å². The average Bonchev–Trinajstić information content (AvgIpc) is 3.14. The number of carbonyl (C=O) groups is 1. The molecule has 0 aromatic carbocycles. The maximum atomic E-state index is 12.9. The molecule has 0 bridgehead atoms. The van der Waals surface area contributed by atoms with E-state index in [1.54, 1.807) is 0 Å². The summed E-state index contributed by atoms with van der Waals surface area (Å²) in [5.74, 6) is -0.164. The smallest absolute Gasteiger partial charge is 0.220 e. The SMILES string of the molecule is CCCCCC/C=C/CCCCCCCC(=O)N[C@@H](CO[C@@H]1O[C@H](CO)[C@@H](O)C(O)C1O)[C@H](O)CCCC/C=C/CCCCCCCCCCCC. The topological polar surface area (TPSA) is 149 Å². The molecule has 0 saturated carbocycles. The van der Waals surface area contributed by atoms with Crippen molar-refractivity contribution in [2.45, 2.75) is 230 Å². The number of amides is 1. The van der Waals surface area contributed by atoms with Crippen LogP contribution in [-0.4, -0.2) is 87.5 Å². The molecule has 0 aliphatic carbocycles. The lowest BCUT2D eigenvalue weighted by molar-refractivity contribution is -0.302. The minimum absolute atomic E-state index is 0.152. The van der Waals surface area contributed by atoms with Gasteiger partial charge in [0.1, 0.15) is 24.4 Å². The molecule has 1 saturated heterocycles. The van der Waals surface area contributed by atoms with Crippen molar-refractivity contribution in [3.8, 4) is 0 Å². The first-order valence-corrected chi connectivity index (χ1v) is 21.5. The highest BCUT2D eigenvalue weighted by atomic mass is 16.7. The highest BCUT2D eigenvalue weighted by Crippen LogP contribution is 2.23. The molecule has 0 aromatic heterocycles. The number of aliphatic hydroxyl groups excluding tert-OH is 5. The zero-order chi connectivity index (χ0) is 38.1. The second kappa shape index (κ2) is 34.2. The Bertz CT molecular complexity index is 868. The van der Waals surface area contributed by atoms with E-state index in [1.165, 1.54) is 96.3 Å². The fourth-order valence-corrected chi connectivity index (χ4v) is 6.74. The van der Waals surface area contributed by atoms with E-state index in [-0.39, 0.29) is 12.5 Å². The number of hydrogen-bond donors (Lipinski definition) is 6. The number of aliphatic hydroxyl groups is 5. The normalized spacial score (nSPS) is 22.0. The summed E-state index contributed by atoms with van der Waals surface area (Å²) in [4.78, 5) is 12.9. The highest BCUT2D eigenvalue weighted by Gasteiger charge is 2.44. The zero-order valence-corrected chi connectivity index (χ0v) is 33.3. The molecule has 1 amide bonds. The molecule has 0 radical (unpaired) electrons. The Hall–Kier alpha value is -1.33. The lowest BCUT2D eigenvalue weighted by atomic mass is 9.99. The standard InChI is InChI=1S/C43H81NO8/c1-3-5-7-9-11-13-15-17-18-19-21-22-24-26-28-30-32-37(46)36(35-51-43-42(50)41(49)40(48)38(34-45)52-43)44-39(47)33-31-29-27-25-23-20-16-14-12-10-8-6-4-2/h14,16,22,24,36-38,40-43,45-46,48-50H,3-13,15,17-21,23,25-35H2,1-2H3,(H,44,47)/b16-14+,24-22+/t36-,37+,38+,40+,41?,42?,43+/m0/s1. The first-order valence-electron chi connectivity index (χ1n) is 21.5. The third kappa shape index (κ3) is 24.9. The first kappa shape index (κ1) is 48.7. The summed E-state index contributed by atoms with van der Waals surface area (Å²) >= 11 is 0. The molecule has 7 atom stereocenters. The van der Waals surface area contributed by atoms with Crippen LogP contribution in [0.3, 0.4) is 0 Å². The minimum atomic E-state index is -1.56. The number of nitrogens with one attached hydrogen (secondary N) is 1. The molecule has 1 fully saturated rings. The number of allylic oxidation sites excluding steroid dienone is 4. The fourth-order valence-electron chi connectivity index (χ4n) is 6.74. The monoisotopic (exact) mass is 740 g/mol. The van der Waals surface area contributed by atoms with Crippen LogP contribution in [0, 0.1) is 0 Å². The molecular formula is C43H81NO8. The molecule has 2 unspecified atom stereocenters. The predicted molar refractivity (Wildman–Crippen MR) is 212 cm³/mol. The summed E-state index contributed by atoms with van der Waals surface area (Å²) in [5, 5.41) is 54.2. The van der Waals surface area contributed by atoms with Crippen LogP contribution in [0.2, 0.25) is 0 Å². The molecule has 9 heteroatoms. The number of carbonyl (C=O) groups excluding carboxylic acids is 1. The molecule has 0 aromatic rings. The summed E-state index contributed by atoms with van der Waals surface area (Å²) in [6.07, 6.45) is 31.8. The van der Waals surface area contributed by atoms with E-state index in [9.17, 15) is 30.3 Å². The van der Waals surface area contributed by atoms with Crippen molar-refractivity contribution in [1.29, 1.82) is 0 Å². The summed E-state index contributed by atoms with van der Waals surface area (Å²) < 4.78 is 11.2. The molecule has 0 spiro atoms. The van der Waals surface area contributed by atoms with E-state index in [1.807, 2.05) is 0 Å². The van der Waals surface area contributed by atoms with E-state index < -0.39 is 49.5 Å². The summed E-state index contributed by atoms with van der Waals surface area (Å²) in [5.41, 5.74) is 0. The molecule has 6 N–H and O–H groups in total. The number of ether oxygens (including phenoxy) is 2. The van der Waals surface area contributed by atoms with Gasteiger partial charge < -0.3 is 40.3 Å². The zero-order valence-electron chi connectivity index (χ0n) is 33.3. The van der Waals surface area contributed by atoms with Crippen molar-refractivity contribution in [2.75, 3.05) is 13.2 Å². The van der Waals surface area contributed by atoms with Crippen LogP contribution in [0.4, 0.5) is 0 Å². The fraction of sp³-hybridized carbons (Fsp3) is 0.884. The van der Waals surface area contributed by atoms with Crippen LogP contribution in [0.25, 0.3) is 0 Å². The molecule has 306 valence electrons. The van der Waals surface area contributed by atoms with Crippen LogP contribution in [-0.2, 0) is 14.3 Å². The van der Waals surface area contributed by atoms with Gasteiger partial charge in [0.05, 0.1) is 25.4 Å². The molecule has 1 heterocycles. The third-order valence-corrected chi connectivity index (χ3v) is 10.3. The van der Waals surface area contributed by atoms with Crippen molar-refractivity contribution >= 4 is 5.91 Å². The van der Waals surface area contributed by atoms with Crippen molar-refractivity contribution in [2.24, 2.45) is 0 Å². The highest BCUT2D eigenvalue weighted by molar-refractivity contribution is 5.76. The Morgan fingerprint density at radius 2 is 1.08 bits per heavy atom. The van der Waals surface area contributed by atoms with Gasteiger partial charge in [-0.3, -0.25) is 4.79 Å². The van der Waals surface area contributed by atoms with Gasteiger partial charge >= 0.3 is 0 Å². The van der Waals surface area contributed by atoms with E-state index in [0.717, 1.165) is 64.2 Å². The van der Waals surface area contributed by atoms with Gasteiger partial charge in [0.25, 0.3) is 0 Å². The van der Waals surface area contributed by atoms with Gasteiger partial charge in [0.15, 0.2) is 6.29 Å². The van der Waals surface area contributed by atoms with E-state index in [2.05, 4.69) is 43.5 Å². The van der Waals surface area contributed by atoms with Crippen LogP contribution < -0.4 is 5.32 Å². The molecular weight excluding hydrogens is 658 g/mol. The molecule has 9 nitrogen and oxygen atoms in total. The van der Waals surface area contributed by atoms with E-state index in [0.29, 0.717) is 12.8 Å². The van der Waals surface area contributed by atoms with Crippen LogP contribution in [0.15, 0.2) is 24.3 Å². The van der Waals surface area contributed by atoms with Gasteiger partial charge in [-0.1, -0.05) is 141 Å². The van der Waals surface area contributed by atoms with Crippen LogP contribution >= 0.6 is 0 Å². The largest absolute Gasteiger partial charge is 0.394 e. The number of hydrogen-bond acceptors (Lipinski definition) is 8. The van der Waals surface area contributed by atoms with Crippen molar-refractivity contribution in [3.63, 3.8) is 0 Å². The Morgan fingerprint density at radius 3 is 1.58 bits per heavy atom. The number of unbranched alkanes of at least 4 members (excludes halogenated alkanes) is 21. The van der Waals surface area contributed by atoms with Crippen molar-refractivity contribution in [3.05, 3.63) is 24.3 Å². The summed E-state index contributed by atoms with van der Waals surface area (Å²) in [6, 6.07) is -0.736. The maximum Gasteiger partial charge on any atom is 0.220 e. The van der Waals surface area contributed by atoms with Gasteiger partial charge in [-0.2, -0.15) is 0 Å². The molecule has 1 aliphatic heterocycles. The van der Waals surface area contributed by atoms with Gasteiger partial charge in [-0.25, -0.2) is 0 Å². The Labute approximate surface area is 318 Å². The minimum Gasteiger partial charge on any atom is -0.394 e. The van der Waals surface area contributed by atoms with Crippen LogP contribution in [0.5, 0.6) is 0 Å².